The zero-order valence-electron chi connectivity index (χ0n) is 17.5. The molecule has 9 heteroatoms. The van der Waals surface area contributed by atoms with Crippen molar-refractivity contribution in [3.63, 3.8) is 0 Å². The van der Waals surface area contributed by atoms with E-state index >= 15 is 0 Å². The lowest BCUT2D eigenvalue weighted by atomic mass is 10.1. The molecule has 158 valence electrons. The second-order valence-electron chi connectivity index (χ2n) is 7.87. The van der Waals surface area contributed by atoms with Crippen molar-refractivity contribution in [1.82, 2.24) is 29.6 Å². The topological polar surface area (TPSA) is 80.0 Å². The fourth-order valence-electron chi connectivity index (χ4n) is 3.66. The van der Waals surface area contributed by atoms with Gasteiger partial charge in [0, 0.05) is 62.0 Å². The number of likely N-dealkylation sites (N-methyl/N-ethyl adjacent to an activating group) is 1. The van der Waals surface area contributed by atoms with Gasteiger partial charge in [0.05, 0.1) is 29.5 Å². The van der Waals surface area contributed by atoms with Crippen molar-refractivity contribution in [3.05, 3.63) is 53.6 Å². The summed E-state index contributed by atoms with van der Waals surface area (Å²) in [5.74, 6) is -0.0214. The first kappa shape index (κ1) is 19.8. The van der Waals surface area contributed by atoms with Gasteiger partial charge in [0.1, 0.15) is 5.69 Å². The molecule has 0 aliphatic carbocycles. The van der Waals surface area contributed by atoms with Crippen molar-refractivity contribution < 1.29 is 4.79 Å². The molecule has 5 rings (SSSR count). The van der Waals surface area contributed by atoms with Gasteiger partial charge in [0.25, 0.3) is 0 Å². The largest absolute Gasteiger partial charge is 0.346 e. The molecule has 5 heterocycles. The molecule has 31 heavy (non-hydrogen) atoms. The van der Waals surface area contributed by atoms with E-state index in [-0.39, 0.29) is 12.2 Å². The second kappa shape index (κ2) is 8.16. The lowest BCUT2D eigenvalue weighted by Gasteiger charge is -2.32. The van der Waals surface area contributed by atoms with E-state index in [1.807, 2.05) is 36.8 Å². The van der Waals surface area contributed by atoms with E-state index in [1.165, 1.54) is 11.3 Å². The highest BCUT2D eigenvalue weighted by Crippen LogP contribution is 2.24. The molecule has 4 aromatic heterocycles. The summed E-state index contributed by atoms with van der Waals surface area (Å²) in [6.45, 7) is 3.90. The van der Waals surface area contributed by atoms with Gasteiger partial charge in [-0.15, -0.1) is 11.3 Å². The van der Waals surface area contributed by atoms with Crippen LogP contribution in [-0.4, -0.2) is 68.6 Å². The number of aryl methyl sites for hydroxylation is 1. The minimum absolute atomic E-state index is 0.0214. The number of ketones is 1. The monoisotopic (exact) mass is 433 g/mol. The van der Waals surface area contributed by atoms with Gasteiger partial charge in [-0.05, 0) is 25.2 Å². The van der Waals surface area contributed by atoms with Crippen LogP contribution in [0, 0.1) is 0 Å². The number of nitrogens with zero attached hydrogens (tertiary/aromatic N) is 7. The van der Waals surface area contributed by atoms with Gasteiger partial charge in [-0.2, -0.15) is 5.10 Å². The first-order valence-corrected chi connectivity index (χ1v) is 11.1. The average Bonchev–Trinajstić information content (AvgIpc) is 3.43. The van der Waals surface area contributed by atoms with Gasteiger partial charge in [0.15, 0.2) is 10.9 Å². The zero-order chi connectivity index (χ0) is 21.4. The highest BCUT2D eigenvalue weighted by molar-refractivity contribution is 7.13. The van der Waals surface area contributed by atoms with E-state index in [4.69, 9.17) is 4.98 Å². The van der Waals surface area contributed by atoms with Crippen molar-refractivity contribution in [1.29, 1.82) is 0 Å². The van der Waals surface area contributed by atoms with Crippen molar-refractivity contribution >= 4 is 33.2 Å². The number of hydrogen-bond donors (Lipinski definition) is 0. The third kappa shape index (κ3) is 4.19. The Morgan fingerprint density at radius 1 is 1.10 bits per heavy atom. The minimum atomic E-state index is -0.0214. The van der Waals surface area contributed by atoms with Crippen LogP contribution in [0.2, 0.25) is 0 Å². The lowest BCUT2D eigenvalue weighted by molar-refractivity contribution is 0.0988. The molecule has 0 N–H and O–H groups in total. The Morgan fingerprint density at radius 3 is 2.71 bits per heavy atom. The third-order valence-corrected chi connectivity index (χ3v) is 6.43. The molecular formula is C22H23N7OS. The summed E-state index contributed by atoms with van der Waals surface area (Å²) >= 11 is 1.54. The Labute approximate surface area is 184 Å². The molecule has 0 bridgehead atoms. The van der Waals surface area contributed by atoms with Crippen LogP contribution in [0.1, 0.15) is 16.2 Å². The number of aromatic nitrogens is 5. The molecule has 0 spiro atoms. The number of anilines is 1. The predicted octanol–water partition coefficient (Wildman–Crippen LogP) is 2.66. The van der Waals surface area contributed by atoms with E-state index < -0.39 is 0 Å². The molecule has 1 fully saturated rings. The maximum absolute atomic E-state index is 12.8. The third-order valence-electron chi connectivity index (χ3n) is 5.52. The molecule has 1 saturated heterocycles. The predicted molar refractivity (Wildman–Crippen MR) is 122 cm³/mol. The summed E-state index contributed by atoms with van der Waals surface area (Å²) < 4.78 is 1.75. The smallest absolute Gasteiger partial charge is 0.188 e. The molecule has 4 aromatic rings. The molecule has 0 radical (unpaired) electrons. The SMILES string of the molecule is CN1CCN(c2nc(C(=O)Cc3cc4nc(-c5cnn(C)c5)ccc4cn3)cs2)CC1. The molecule has 8 nitrogen and oxygen atoms in total. The Morgan fingerprint density at radius 2 is 1.94 bits per heavy atom. The summed E-state index contributed by atoms with van der Waals surface area (Å²) in [6, 6.07) is 5.84. The van der Waals surface area contributed by atoms with Crippen LogP contribution >= 0.6 is 11.3 Å². The van der Waals surface area contributed by atoms with Crippen molar-refractivity contribution in [2.24, 2.45) is 7.05 Å². The molecule has 1 aliphatic rings. The van der Waals surface area contributed by atoms with Gasteiger partial charge in [-0.3, -0.25) is 14.5 Å². The van der Waals surface area contributed by atoms with Crippen LogP contribution in [0.5, 0.6) is 0 Å². The lowest BCUT2D eigenvalue weighted by Crippen LogP contribution is -2.44. The number of hydrogen-bond acceptors (Lipinski definition) is 8. The van der Waals surface area contributed by atoms with E-state index in [0.717, 1.165) is 53.5 Å². The maximum atomic E-state index is 12.8. The Bertz CT molecular complexity index is 1240. The maximum Gasteiger partial charge on any atom is 0.188 e. The summed E-state index contributed by atoms with van der Waals surface area (Å²) in [5.41, 5.74) is 3.83. The summed E-state index contributed by atoms with van der Waals surface area (Å²) in [6.07, 6.45) is 5.70. The molecule has 1 aliphatic heterocycles. The van der Waals surface area contributed by atoms with Crippen LogP contribution in [0.4, 0.5) is 5.13 Å². The molecule has 0 amide bonds. The number of Topliss-reactive ketones (excluding diaryl/α,β-unsaturated/α-hetero) is 1. The molecule has 0 atom stereocenters. The molecule has 0 aromatic carbocycles. The van der Waals surface area contributed by atoms with E-state index in [2.05, 4.69) is 31.9 Å². The zero-order valence-corrected chi connectivity index (χ0v) is 18.3. The van der Waals surface area contributed by atoms with Crippen LogP contribution in [0.25, 0.3) is 22.2 Å². The normalized spacial score (nSPS) is 15.0. The highest BCUT2D eigenvalue weighted by atomic mass is 32.1. The number of fused-ring (bicyclic) bond motifs is 1. The first-order chi connectivity index (χ1) is 15.0. The first-order valence-electron chi connectivity index (χ1n) is 10.2. The highest BCUT2D eigenvalue weighted by Gasteiger charge is 2.19. The standard InChI is InChI=1S/C22H23N7OS/c1-27-5-7-29(8-6-27)22-26-20(14-31-22)21(30)10-17-9-19-15(11-23-17)3-4-18(25-19)16-12-24-28(2)13-16/h3-4,9,11-14H,5-8,10H2,1-2H3. The number of carbonyl (C=O) groups is 1. The molecule has 0 unspecified atom stereocenters. The Balaban J connectivity index is 1.33. The van der Waals surface area contributed by atoms with Crippen LogP contribution in [0.3, 0.4) is 0 Å². The summed E-state index contributed by atoms with van der Waals surface area (Å²) in [7, 11) is 4.01. The van der Waals surface area contributed by atoms with E-state index in [0.29, 0.717) is 11.4 Å². The molecule has 0 saturated carbocycles. The fraction of sp³-hybridized carbons (Fsp3) is 0.318. The van der Waals surface area contributed by atoms with Gasteiger partial charge in [-0.1, -0.05) is 0 Å². The van der Waals surface area contributed by atoms with Crippen LogP contribution in [0.15, 0.2) is 42.2 Å². The fourth-order valence-corrected chi connectivity index (χ4v) is 4.54. The number of piperazine rings is 1. The summed E-state index contributed by atoms with van der Waals surface area (Å²) in [4.78, 5) is 31.2. The minimum Gasteiger partial charge on any atom is -0.346 e. The van der Waals surface area contributed by atoms with Gasteiger partial charge in [0.2, 0.25) is 0 Å². The number of rotatable bonds is 5. The van der Waals surface area contributed by atoms with Gasteiger partial charge >= 0.3 is 0 Å². The van der Waals surface area contributed by atoms with Crippen molar-refractivity contribution in [3.8, 4) is 11.3 Å². The van der Waals surface area contributed by atoms with Crippen LogP contribution in [-0.2, 0) is 13.5 Å². The molecular weight excluding hydrogens is 410 g/mol. The van der Waals surface area contributed by atoms with E-state index in [9.17, 15) is 4.79 Å². The quantitative estimate of drug-likeness (QED) is 0.448. The van der Waals surface area contributed by atoms with Crippen molar-refractivity contribution in [2.45, 2.75) is 6.42 Å². The second-order valence-corrected chi connectivity index (χ2v) is 8.71. The van der Waals surface area contributed by atoms with Crippen LogP contribution < -0.4 is 4.90 Å². The Kier molecular flexibility index (Phi) is 5.21. The number of carbonyl (C=O) groups excluding carboxylic acids is 1. The average molecular weight is 434 g/mol. The van der Waals surface area contributed by atoms with Gasteiger partial charge < -0.3 is 9.80 Å². The Hall–Kier alpha value is -3.17. The number of pyridine rings is 2. The van der Waals surface area contributed by atoms with Crippen molar-refractivity contribution in [2.75, 3.05) is 38.1 Å². The van der Waals surface area contributed by atoms with Gasteiger partial charge in [-0.25, -0.2) is 9.97 Å². The van der Waals surface area contributed by atoms with E-state index in [1.54, 1.807) is 17.1 Å². The summed E-state index contributed by atoms with van der Waals surface area (Å²) in [5, 5.41) is 7.93. The number of thiazole rings is 1.